The van der Waals surface area contributed by atoms with Crippen molar-refractivity contribution in [1.82, 2.24) is 0 Å². The summed E-state index contributed by atoms with van der Waals surface area (Å²) in [6.07, 6.45) is 2.47. The van der Waals surface area contributed by atoms with Gasteiger partial charge in [0.25, 0.3) is 0 Å². The molecule has 9 heavy (non-hydrogen) atoms. The first-order valence-corrected chi connectivity index (χ1v) is 2.77. The first-order valence-electron chi connectivity index (χ1n) is 2.77. The van der Waals surface area contributed by atoms with Gasteiger partial charge in [0.05, 0.1) is 0 Å². The Hall–Kier alpha value is -0.795. The zero-order chi connectivity index (χ0) is 7.11. The van der Waals surface area contributed by atoms with Gasteiger partial charge in [-0.25, -0.2) is 0 Å². The molecule has 0 aromatic heterocycles. The normalized spacial score (nSPS) is 13.0. The van der Waals surface area contributed by atoms with Crippen LogP contribution in [0, 0.1) is 0 Å². The third-order valence-corrected chi connectivity index (χ3v) is 0.914. The number of hydrogen-bond donors (Lipinski definition) is 0. The molecule has 0 aromatic carbocycles. The molecular formula is C5H8BNO2. The van der Waals surface area contributed by atoms with Crippen molar-refractivity contribution in [2.75, 3.05) is 0 Å². The predicted octanol–water partition coefficient (Wildman–Crippen LogP) is 0.0419. The fourth-order valence-corrected chi connectivity index (χ4v) is 0.382. The Kier molecular flexibility index (Phi) is 4.87. The fraction of sp³-hybridized carbons (Fsp3) is 0.600. The SMILES string of the molecule is CCC(C=O)N=CB=O. The Bertz CT molecular complexity index is 124. The number of carbonyl (C=O) groups excluding carboxylic acids is 1. The summed E-state index contributed by atoms with van der Waals surface area (Å²) < 4.78 is 9.68. The molecule has 3 nitrogen and oxygen atoms in total. The molecule has 0 aliphatic heterocycles. The van der Waals surface area contributed by atoms with Crippen LogP contribution in [0.25, 0.3) is 0 Å². The van der Waals surface area contributed by atoms with Gasteiger partial charge in [0.2, 0.25) is 0 Å². The Morgan fingerprint density at radius 3 is 2.78 bits per heavy atom. The van der Waals surface area contributed by atoms with E-state index in [9.17, 15) is 9.50 Å². The third-order valence-electron chi connectivity index (χ3n) is 0.914. The van der Waals surface area contributed by atoms with Crippen molar-refractivity contribution in [3.05, 3.63) is 0 Å². The molecule has 1 atom stereocenters. The molecule has 4 heteroatoms. The van der Waals surface area contributed by atoms with E-state index >= 15 is 0 Å². The number of hydrogen-bond acceptors (Lipinski definition) is 3. The van der Waals surface area contributed by atoms with E-state index in [0.29, 0.717) is 13.6 Å². The van der Waals surface area contributed by atoms with Crippen molar-refractivity contribution in [2.45, 2.75) is 19.4 Å². The maximum absolute atomic E-state index is 10.0. The van der Waals surface area contributed by atoms with Gasteiger partial charge in [-0.05, 0) is 0 Å². The summed E-state index contributed by atoms with van der Waals surface area (Å²) in [5.74, 6) is 0. The number of aliphatic imine (C=N–C) groups is 1. The van der Waals surface area contributed by atoms with E-state index < -0.39 is 0 Å². The number of aldehydes is 1. The summed E-state index contributed by atoms with van der Waals surface area (Å²) in [6, 6.07) is -0.338. The molecule has 0 rings (SSSR count). The van der Waals surface area contributed by atoms with Gasteiger partial charge in [-0.1, -0.05) is 0 Å². The van der Waals surface area contributed by atoms with Crippen LogP contribution in [0.3, 0.4) is 0 Å². The van der Waals surface area contributed by atoms with E-state index in [-0.39, 0.29) is 6.04 Å². The van der Waals surface area contributed by atoms with E-state index in [1.165, 1.54) is 0 Å². The summed E-state index contributed by atoms with van der Waals surface area (Å²) in [5, 5.41) is 0. The van der Waals surface area contributed by atoms with E-state index in [2.05, 4.69) is 4.99 Å². The first kappa shape index (κ1) is 8.20. The molecule has 0 amide bonds. The van der Waals surface area contributed by atoms with Crippen LogP contribution in [-0.2, 0) is 9.50 Å². The molecule has 0 N–H and O–H groups in total. The van der Waals surface area contributed by atoms with Crippen LogP contribution in [0.1, 0.15) is 13.3 Å². The van der Waals surface area contributed by atoms with Crippen LogP contribution in [0.4, 0.5) is 0 Å². The van der Waals surface area contributed by atoms with E-state index in [0.717, 1.165) is 12.4 Å². The van der Waals surface area contributed by atoms with Crippen molar-refractivity contribution >= 4 is 19.6 Å². The molecule has 0 aliphatic rings. The minimum atomic E-state index is -0.338. The second-order valence-corrected chi connectivity index (χ2v) is 1.55. The van der Waals surface area contributed by atoms with Crippen LogP contribution in [0.2, 0.25) is 0 Å². The van der Waals surface area contributed by atoms with Gasteiger partial charge in [0, 0.05) is 0 Å². The molecule has 48 valence electrons. The van der Waals surface area contributed by atoms with Crippen LogP contribution >= 0.6 is 0 Å². The molecule has 0 aromatic rings. The van der Waals surface area contributed by atoms with E-state index in [1.807, 2.05) is 6.92 Å². The predicted molar refractivity (Wildman–Crippen MR) is 35.1 cm³/mol. The molecular weight excluding hydrogens is 117 g/mol. The number of carbonyl (C=O) groups is 1. The second kappa shape index (κ2) is 5.34. The van der Waals surface area contributed by atoms with Crippen molar-refractivity contribution in [3.8, 4) is 0 Å². The molecule has 0 saturated carbocycles. The third kappa shape index (κ3) is 3.76. The van der Waals surface area contributed by atoms with Gasteiger partial charge in [-0.3, -0.25) is 0 Å². The molecule has 0 heterocycles. The van der Waals surface area contributed by atoms with Gasteiger partial charge in [-0.2, -0.15) is 0 Å². The molecule has 0 fully saturated rings. The molecule has 1 unspecified atom stereocenters. The average molecular weight is 125 g/mol. The number of nitrogens with zero attached hydrogens (tertiary/aromatic N) is 1. The summed E-state index contributed by atoms with van der Waals surface area (Å²) in [5.41, 5.74) is 0. The average Bonchev–Trinajstić information content (AvgIpc) is 1.91. The van der Waals surface area contributed by atoms with Crippen LogP contribution in [-0.4, -0.2) is 25.6 Å². The van der Waals surface area contributed by atoms with Gasteiger partial charge in [0.15, 0.2) is 0 Å². The Balaban J connectivity index is 3.66. The Morgan fingerprint density at radius 2 is 2.44 bits per heavy atom. The van der Waals surface area contributed by atoms with Gasteiger partial charge in [-0.15, -0.1) is 0 Å². The standard InChI is InChI=1S/C5H8BNO2/c1-2-5(3-8)7-4-6-9/h3-5H,2H2,1H3. The van der Waals surface area contributed by atoms with E-state index in [4.69, 9.17) is 0 Å². The zero-order valence-corrected chi connectivity index (χ0v) is 5.28. The molecule has 0 radical (unpaired) electrons. The van der Waals surface area contributed by atoms with Crippen LogP contribution in [0.5, 0.6) is 0 Å². The van der Waals surface area contributed by atoms with Crippen LogP contribution < -0.4 is 0 Å². The van der Waals surface area contributed by atoms with Crippen LogP contribution in [0.15, 0.2) is 4.99 Å². The van der Waals surface area contributed by atoms with Crippen molar-refractivity contribution < 1.29 is 9.50 Å². The fourth-order valence-electron chi connectivity index (χ4n) is 0.382. The molecule has 0 aliphatic carbocycles. The maximum atomic E-state index is 10.0. The van der Waals surface area contributed by atoms with Crippen molar-refractivity contribution in [3.63, 3.8) is 0 Å². The van der Waals surface area contributed by atoms with Crippen molar-refractivity contribution in [1.29, 1.82) is 0 Å². The summed E-state index contributed by atoms with van der Waals surface area (Å²) in [4.78, 5) is 13.6. The Labute approximate surface area is 54.4 Å². The van der Waals surface area contributed by atoms with E-state index in [1.54, 1.807) is 0 Å². The second-order valence-electron chi connectivity index (χ2n) is 1.55. The number of rotatable bonds is 4. The molecule has 0 bridgehead atoms. The topological polar surface area (TPSA) is 46.5 Å². The molecule has 0 spiro atoms. The van der Waals surface area contributed by atoms with Gasteiger partial charge < -0.3 is 0 Å². The molecule has 0 saturated heterocycles. The van der Waals surface area contributed by atoms with Gasteiger partial charge >= 0.3 is 53.4 Å². The first-order chi connectivity index (χ1) is 4.35. The van der Waals surface area contributed by atoms with Crippen molar-refractivity contribution in [2.24, 2.45) is 4.99 Å². The van der Waals surface area contributed by atoms with Gasteiger partial charge in [0.1, 0.15) is 0 Å². The Morgan fingerprint density at radius 1 is 1.78 bits per heavy atom. The minimum absolute atomic E-state index is 0.338. The summed E-state index contributed by atoms with van der Waals surface area (Å²) in [6.45, 7) is 1.83. The summed E-state index contributed by atoms with van der Waals surface area (Å²) >= 11 is 0. The summed E-state index contributed by atoms with van der Waals surface area (Å²) in [7, 11) is 0.562. The quantitative estimate of drug-likeness (QED) is 0.302. The zero-order valence-electron chi connectivity index (χ0n) is 5.28. The monoisotopic (exact) mass is 125 g/mol.